The van der Waals surface area contributed by atoms with Crippen LogP contribution >= 0.6 is 0 Å². The average molecular weight is 404 g/mol. The number of ether oxygens (including phenoxy) is 1. The third kappa shape index (κ3) is 5.00. The molecule has 7 nitrogen and oxygen atoms in total. The van der Waals surface area contributed by atoms with Gasteiger partial charge in [0.1, 0.15) is 5.75 Å². The van der Waals surface area contributed by atoms with E-state index in [1.807, 2.05) is 38.1 Å². The molecule has 0 aliphatic carbocycles. The highest BCUT2D eigenvalue weighted by Gasteiger charge is 2.20. The van der Waals surface area contributed by atoms with Gasteiger partial charge in [-0.15, -0.1) is 0 Å². The molecule has 0 spiro atoms. The number of pyridine rings is 2. The van der Waals surface area contributed by atoms with Crippen LogP contribution in [0.25, 0.3) is 0 Å². The standard InChI is InChI=1S/C23H24N4O3/c1-15-7-8-16(2)20(12-15)30-21-10-9-18(13-25-21)14-26-23(29)27(4)22(28)19-6-5-11-24-17(19)3/h5-13H,14H2,1-4H3,(H,26,29). The maximum atomic E-state index is 12.5. The Hall–Kier alpha value is -3.74. The molecule has 2 aromatic heterocycles. The van der Waals surface area contributed by atoms with Crippen LogP contribution in [0.3, 0.4) is 0 Å². The fourth-order valence-corrected chi connectivity index (χ4v) is 2.79. The minimum atomic E-state index is -0.501. The summed E-state index contributed by atoms with van der Waals surface area (Å²) >= 11 is 0. The molecule has 30 heavy (non-hydrogen) atoms. The highest BCUT2D eigenvalue weighted by atomic mass is 16.5. The second kappa shape index (κ2) is 9.17. The zero-order valence-corrected chi connectivity index (χ0v) is 17.5. The molecule has 2 heterocycles. The van der Waals surface area contributed by atoms with Crippen molar-refractivity contribution in [3.63, 3.8) is 0 Å². The lowest BCUT2D eigenvalue weighted by Gasteiger charge is -2.17. The number of aromatic nitrogens is 2. The van der Waals surface area contributed by atoms with Crippen LogP contribution in [0.1, 0.15) is 32.7 Å². The highest BCUT2D eigenvalue weighted by Crippen LogP contribution is 2.24. The van der Waals surface area contributed by atoms with E-state index in [1.165, 1.54) is 7.05 Å². The molecule has 0 aliphatic rings. The van der Waals surface area contributed by atoms with E-state index in [0.29, 0.717) is 17.1 Å². The summed E-state index contributed by atoms with van der Waals surface area (Å²) < 4.78 is 5.84. The van der Waals surface area contributed by atoms with Crippen LogP contribution in [-0.4, -0.2) is 33.9 Å². The molecular formula is C23H24N4O3. The molecule has 0 aliphatic heterocycles. The van der Waals surface area contributed by atoms with Crippen LogP contribution in [0.15, 0.2) is 54.9 Å². The maximum Gasteiger partial charge on any atom is 0.324 e. The summed E-state index contributed by atoms with van der Waals surface area (Å²) in [5.41, 5.74) is 3.89. The van der Waals surface area contributed by atoms with E-state index >= 15 is 0 Å². The van der Waals surface area contributed by atoms with Crippen molar-refractivity contribution in [3.8, 4) is 11.6 Å². The largest absolute Gasteiger partial charge is 0.439 e. The van der Waals surface area contributed by atoms with E-state index in [2.05, 4.69) is 15.3 Å². The summed E-state index contributed by atoms with van der Waals surface area (Å²) in [4.78, 5) is 34.3. The van der Waals surface area contributed by atoms with Crippen molar-refractivity contribution < 1.29 is 14.3 Å². The van der Waals surface area contributed by atoms with Crippen LogP contribution in [0.5, 0.6) is 11.6 Å². The molecule has 0 bridgehead atoms. The maximum absolute atomic E-state index is 12.5. The average Bonchev–Trinajstić information content (AvgIpc) is 2.75. The normalized spacial score (nSPS) is 10.4. The molecule has 1 N–H and O–H groups in total. The molecule has 0 unspecified atom stereocenters. The van der Waals surface area contributed by atoms with Crippen molar-refractivity contribution in [3.05, 3.63) is 82.8 Å². The van der Waals surface area contributed by atoms with E-state index in [0.717, 1.165) is 27.3 Å². The number of nitrogens with zero attached hydrogens (tertiary/aromatic N) is 3. The van der Waals surface area contributed by atoms with Gasteiger partial charge in [0, 0.05) is 37.7 Å². The fourth-order valence-electron chi connectivity index (χ4n) is 2.79. The fraction of sp³-hybridized carbons (Fsp3) is 0.217. The van der Waals surface area contributed by atoms with Gasteiger partial charge in [0.25, 0.3) is 5.91 Å². The third-order valence-electron chi connectivity index (χ3n) is 4.65. The smallest absolute Gasteiger partial charge is 0.324 e. The molecule has 1 aromatic carbocycles. The number of carbonyl (C=O) groups excluding carboxylic acids is 2. The van der Waals surface area contributed by atoms with Gasteiger partial charge in [-0.25, -0.2) is 9.78 Å². The van der Waals surface area contributed by atoms with Crippen LogP contribution in [0.4, 0.5) is 4.79 Å². The topological polar surface area (TPSA) is 84.4 Å². The van der Waals surface area contributed by atoms with Crippen LogP contribution < -0.4 is 10.1 Å². The predicted molar refractivity (Wildman–Crippen MR) is 114 cm³/mol. The predicted octanol–water partition coefficient (Wildman–Crippen LogP) is 4.18. The van der Waals surface area contributed by atoms with Gasteiger partial charge in [-0.3, -0.25) is 14.7 Å². The SMILES string of the molecule is Cc1ccc(C)c(Oc2ccc(CNC(=O)N(C)C(=O)c3cccnc3C)cn2)c1. The van der Waals surface area contributed by atoms with Crippen molar-refractivity contribution in [2.75, 3.05) is 7.05 Å². The van der Waals surface area contributed by atoms with Crippen molar-refractivity contribution in [1.29, 1.82) is 0 Å². The van der Waals surface area contributed by atoms with E-state index in [1.54, 1.807) is 37.5 Å². The molecule has 0 saturated heterocycles. The lowest BCUT2D eigenvalue weighted by atomic mass is 10.1. The molecule has 7 heteroatoms. The van der Waals surface area contributed by atoms with Gasteiger partial charge < -0.3 is 10.1 Å². The Bertz CT molecular complexity index is 1060. The van der Waals surface area contributed by atoms with Gasteiger partial charge in [-0.2, -0.15) is 0 Å². The minimum absolute atomic E-state index is 0.235. The van der Waals surface area contributed by atoms with Gasteiger partial charge >= 0.3 is 6.03 Å². The first-order valence-electron chi connectivity index (χ1n) is 9.52. The molecule has 0 saturated carbocycles. The summed E-state index contributed by atoms with van der Waals surface area (Å²) in [6, 6.07) is 12.4. The quantitative estimate of drug-likeness (QED) is 0.690. The van der Waals surface area contributed by atoms with Crippen molar-refractivity contribution in [2.45, 2.75) is 27.3 Å². The zero-order valence-electron chi connectivity index (χ0n) is 17.5. The summed E-state index contributed by atoms with van der Waals surface area (Å²) in [5.74, 6) is 0.820. The summed E-state index contributed by atoms with van der Waals surface area (Å²) in [6.07, 6.45) is 3.24. The van der Waals surface area contributed by atoms with Crippen molar-refractivity contribution in [2.24, 2.45) is 0 Å². The lowest BCUT2D eigenvalue weighted by molar-refractivity contribution is 0.0830. The number of imide groups is 1. The number of amides is 3. The highest BCUT2D eigenvalue weighted by molar-refractivity contribution is 6.04. The molecule has 0 fully saturated rings. The van der Waals surface area contributed by atoms with Crippen LogP contribution in [0.2, 0.25) is 0 Å². The number of rotatable bonds is 5. The Morgan fingerprint density at radius 1 is 1.07 bits per heavy atom. The number of aryl methyl sites for hydroxylation is 3. The summed E-state index contributed by atoms with van der Waals surface area (Å²) in [6.45, 7) is 5.94. The van der Waals surface area contributed by atoms with Gasteiger partial charge in [-0.1, -0.05) is 18.2 Å². The van der Waals surface area contributed by atoms with Crippen molar-refractivity contribution >= 4 is 11.9 Å². The molecular weight excluding hydrogens is 380 g/mol. The zero-order chi connectivity index (χ0) is 21.7. The molecule has 0 radical (unpaired) electrons. The first kappa shape index (κ1) is 21.0. The number of urea groups is 1. The second-order valence-electron chi connectivity index (χ2n) is 7.03. The molecule has 3 aromatic rings. The Balaban J connectivity index is 1.58. The van der Waals surface area contributed by atoms with Gasteiger partial charge in [0.2, 0.25) is 5.88 Å². The van der Waals surface area contributed by atoms with E-state index in [4.69, 9.17) is 4.74 Å². The first-order valence-corrected chi connectivity index (χ1v) is 9.52. The number of hydrogen-bond donors (Lipinski definition) is 1. The Kier molecular flexibility index (Phi) is 6.41. The first-order chi connectivity index (χ1) is 14.3. The summed E-state index contributed by atoms with van der Waals surface area (Å²) in [7, 11) is 1.43. The Labute approximate surface area is 175 Å². The van der Waals surface area contributed by atoms with Gasteiger partial charge in [0.05, 0.1) is 5.56 Å². The van der Waals surface area contributed by atoms with Crippen LogP contribution in [0, 0.1) is 20.8 Å². The van der Waals surface area contributed by atoms with Gasteiger partial charge in [0.15, 0.2) is 0 Å². The lowest BCUT2D eigenvalue weighted by Crippen LogP contribution is -2.41. The van der Waals surface area contributed by atoms with Crippen LogP contribution in [-0.2, 0) is 6.54 Å². The number of benzene rings is 1. The third-order valence-corrected chi connectivity index (χ3v) is 4.65. The number of nitrogens with one attached hydrogen (secondary N) is 1. The molecule has 154 valence electrons. The van der Waals surface area contributed by atoms with E-state index < -0.39 is 11.9 Å². The number of hydrogen-bond acceptors (Lipinski definition) is 5. The van der Waals surface area contributed by atoms with Crippen molar-refractivity contribution in [1.82, 2.24) is 20.2 Å². The number of carbonyl (C=O) groups is 2. The van der Waals surface area contributed by atoms with Gasteiger partial charge in [-0.05, 0) is 55.7 Å². The Morgan fingerprint density at radius 3 is 2.57 bits per heavy atom. The second-order valence-corrected chi connectivity index (χ2v) is 7.03. The molecule has 0 atom stereocenters. The van der Waals surface area contributed by atoms with E-state index in [9.17, 15) is 9.59 Å². The minimum Gasteiger partial charge on any atom is -0.439 e. The summed E-state index contributed by atoms with van der Waals surface area (Å²) in [5, 5.41) is 2.72. The molecule has 3 amide bonds. The van der Waals surface area contributed by atoms with E-state index in [-0.39, 0.29) is 6.54 Å². The Morgan fingerprint density at radius 2 is 1.87 bits per heavy atom. The monoisotopic (exact) mass is 404 g/mol. The molecule has 3 rings (SSSR count).